The summed E-state index contributed by atoms with van der Waals surface area (Å²) < 4.78 is 0. The number of hydrogen-bond acceptors (Lipinski definition) is 3. The van der Waals surface area contributed by atoms with Crippen LogP contribution < -0.4 is 0 Å². The van der Waals surface area contributed by atoms with Crippen LogP contribution in [0.2, 0.25) is 0 Å². The fourth-order valence-corrected chi connectivity index (χ4v) is 1.84. The van der Waals surface area contributed by atoms with E-state index in [2.05, 4.69) is 4.98 Å². The Hall–Kier alpha value is -1.94. The smallest absolute Gasteiger partial charge is 0.320 e. The van der Waals surface area contributed by atoms with Crippen molar-refractivity contribution in [3.05, 3.63) is 42.1 Å². The van der Waals surface area contributed by atoms with Gasteiger partial charge in [-0.3, -0.25) is 14.7 Å². The van der Waals surface area contributed by atoms with Crippen LogP contribution in [0.5, 0.6) is 0 Å². The summed E-state index contributed by atoms with van der Waals surface area (Å²) in [4.78, 5) is 17.0. The van der Waals surface area contributed by atoms with E-state index in [4.69, 9.17) is 5.11 Å². The molecule has 0 saturated heterocycles. The minimum Gasteiger partial charge on any atom is -0.480 e. The molecule has 18 heavy (non-hydrogen) atoms. The van der Waals surface area contributed by atoms with Crippen molar-refractivity contribution < 1.29 is 9.90 Å². The van der Waals surface area contributed by atoms with Crippen LogP contribution in [-0.2, 0) is 11.3 Å². The molecule has 1 atom stereocenters. The molecule has 1 heterocycles. The molecule has 0 spiro atoms. The molecule has 1 N–H and O–H groups in total. The van der Waals surface area contributed by atoms with Crippen molar-refractivity contribution in [2.24, 2.45) is 0 Å². The molecule has 4 nitrogen and oxygen atoms in total. The van der Waals surface area contributed by atoms with Crippen LogP contribution in [-0.4, -0.2) is 34.0 Å². The molecule has 94 valence electrons. The van der Waals surface area contributed by atoms with Crippen molar-refractivity contribution in [1.29, 1.82) is 0 Å². The molecule has 1 aromatic carbocycles. The zero-order valence-corrected chi connectivity index (χ0v) is 10.5. The van der Waals surface area contributed by atoms with Crippen molar-refractivity contribution in [2.75, 3.05) is 7.05 Å². The van der Waals surface area contributed by atoms with Gasteiger partial charge in [0.05, 0.1) is 5.52 Å². The van der Waals surface area contributed by atoms with Crippen LogP contribution in [0.25, 0.3) is 10.9 Å². The van der Waals surface area contributed by atoms with Crippen LogP contribution in [0.15, 0.2) is 36.5 Å². The highest BCUT2D eigenvalue weighted by atomic mass is 16.4. The summed E-state index contributed by atoms with van der Waals surface area (Å²) in [5.41, 5.74) is 2.04. The van der Waals surface area contributed by atoms with Gasteiger partial charge in [0, 0.05) is 18.1 Å². The lowest BCUT2D eigenvalue weighted by Crippen LogP contribution is -2.35. The third-order valence-corrected chi connectivity index (χ3v) is 3.12. The Labute approximate surface area is 106 Å². The average Bonchev–Trinajstić information content (AvgIpc) is 2.37. The number of carboxylic acid groups (broad SMARTS) is 1. The van der Waals surface area contributed by atoms with Crippen molar-refractivity contribution >= 4 is 16.9 Å². The first-order valence-corrected chi connectivity index (χ1v) is 5.84. The summed E-state index contributed by atoms with van der Waals surface area (Å²) in [5, 5.41) is 10.0. The molecule has 4 heteroatoms. The summed E-state index contributed by atoms with van der Waals surface area (Å²) in [6, 6.07) is 9.41. The molecule has 0 saturated carbocycles. The number of likely N-dealkylation sites (N-methyl/N-ethyl adjacent to an activating group) is 1. The predicted octanol–water partition coefficient (Wildman–Crippen LogP) is 2.14. The van der Waals surface area contributed by atoms with E-state index in [1.165, 1.54) is 0 Å². The van der Waals surface area contributed by atoms with Crippen molar-refractivity contribution in [1.82, 2.24) is 9.88 Å². The van der Waals surface area contributed by atoms with Crippen molar-refractivity contribution in [2.45, 2.75) is 19.5 Å². The second kappa shape index (κ2) is 5.14. The van der Waals surface area contributed by atoms with E-state index in [9.17, 15) is 4.79 Å². The maximum Gasteiger partial charge on any atom is 0.320 e. The van der Waals surface area contributed by atoms with E-state index in [1.807, 2.05) is 37.4 Å². The van der Waals surface area contributed by atoms with Crippen LogP contribution >= 0.6 is 0 Å². The summed E-state index contributed by atoms with van der Waals surface area (Å²) in [6.07, 6.45) is 1.76. The van der Waals surface area contributed by atoms with Crippen molar-refractivity contribution in [3.8, 4) is 0 Å². The molecular formula is C14H16N2O2. The summed E-state index contributed by atoms with van der Waals surface area (Å²) in [6.45, 7) is 2.29. The maximum absolute atomic E-state index is 10.9. The summed E-state index contributed by atoms with van der Waals surface area (Å²) in [7, 11) is 1.81. The molecule has 2 rings (SSSR count). The summed E-state index contributed by atoms with van der Waals surface area (Å²) in [5.74, 6) is -0.806. The lowest BCUT2D eigenvalue weighted by atomic mass is 10.1. The highest BCUT2D eigenvalue weighted by Crippen LogP contribution is 2.15. The number of fused-ring (bicyclic) bond motifs is 1. The van der Waals surface area contributed by atoms with Gasteiger partial charge >= 0.3 is 5.97 Å². The molecule has 0 aliphatic carbocycles. The van der Waals surface area contributed by atoms with E-state index in [0.29, 0.717) is 6.54 Å². The summed E-state index contributed by atoms with van der Waals surface area (Å²) >= 11 is 0. The maximum atomic E-state index is 10.9. The molecule has 0 bridgehead atoms. The standard InChI is InChI=1S/C14H16N2O2/c1-10(14(17)18)16(2)9-11-5-6-13-12(8-11)4-3-7-15-13/h3-8,10H,9H2,1-2H3,(H,17,18). The zero-order chi connectivity index (χ0) is 13.1. The molecule has 0 aliphatic rings. The van der Waals surface area contributed by atoms with Gasteiger partial charge in [-0.1, -0.05) is 12.1 Å². The third kappa shape index (κ3) is 2.65. The topological polar surface area (TPSA) is 53.4 Å². The molecule has 2 aromatic rings. The lowest BCUT2D eigenvalue weighted by Gasteiger charge is -2.21. The van der Waals surface area contributed by atoms with Gasteiger partial charge in [0.15, 0.2) is 0 Å². The van der Waals surface area contributed by atoms with Gasteiger partial charge in [0.25, 0.3) is 0 Å². The Morgan fingerprint density at radius 3 is 2.94 bits per heavy atom. The highest BCUT2D eigenvalue weighted by molar-refractivity contribution is 5.79. The monoisotopic (exact) mass is 244 g/mol. The molecule has 1 aromatic heterocycles. The van der Waals surface area contributed by atoms with E-state index in [1.54, 1.807) is 18.0 Å². The van der Waals surface area contributed by atoms with Crippen LogP contribution in [0.1, 0.15) is 12.5 Å². The van der Waals surface area contributed by atoms with Crippen LogP contribution in [0, 0.1) is 0 Å². The fourth-order valence-electron chi connectivity index (χ4n) is 1.84. The third-order valence-electron chi connectivity index (χ3n) is 3.12. The Morgan fingerprint density at radius 2 is 2.22 bits per heavy atom. The first-order valence-electron chi connectivity index (χ1n) is 5.84. The molecule has 1 unspecified atom stereocenters. The van der Waals surface area contributed by atoms with Gasteiger partial charge in [0.1, 0.15) is 6.04 Å². The number of hydrogen-bond donors (Lipinski definition) is 1. The second-order valence-electron chi connectivity index (χ2n) is 4.46. The molecule has 0 fully saturated rings. The van der Waals surface area contributed by atoms with Crippen LogP contribution in [0.3, 0.4) is 0 Å². The van der Waals surface area contributed by atoms with Gasteiger partial charge in [-0.15, -0.1) is 0 Å². The number of benzene rings is 1. The number of aliphatic carboxylic acids is 1. The molecule has 0 amide bonds. The van der Waals surface area contributed by atoms with E-state index in [-0.39, 0.29) is 0 Å². The Morgan fingerprint density at radius 1 is 1.44 bits per heavy atom. The van der Waals surface area contributed by atoms with Gasteiger partial charge in [-0.25, -0.2) is 0 Å². The normalized spacial score (nSPS) is 12.8. The number of carboxylic acids is 1. The van der Waals surface area contributed by atoms with Gasteiger partial charge in [0.2, 0.25) is 0 Å². The predicted molar refractivity (Wildman–Crippen MR) is 70.3 cm³/mol. The second-order valence-corrected chi connectivity index (χ2v) is 4.46. The molecule has 0 radical (unpaired) electrons. The first kappa shape index (κ1) is 12.5. The van der Waals surface area contributed by atoms with Crippen molar-refractivity contribution in [3.63, 3.8) is 0 Å². The number of aromatic nitrogens is 1. The fraction of sp³-hybridized carbons (Fsp3) is 0.286. The highest BCUT2D eigenvalue weighted by Gasteiger charge is 2.16. The number of pyridine rings is 1. The number of nitrogens with zero attached hydrogens (tertiary/aromatic N) is 2. The Balaban J connectivity index is 2.19. The van der Waals surface area contributed by atoms with Crippen LogP contribution in [0.4, 0.5) is 0 Å². The minimum absolute atomic E-state index is 0.491. The number of rotatable bonds is 4. The van der Waals surface area contributed by atoms with Gasteiger partial charge < -0.3 is 5.11 Å². The van der Waals surface area contributed by atoms with E-state index in [0.717, 1.165) is 16.5 Å². The van der Waals surface area contributed by atoms with E-state index >= 15 is 0 Å². The lowest BCUT2D eigenvalue weighted by molar-refractivity contribution is -0.142. The SMILES string of the molecule is CC(C(=O)O)N(C)Cc1ccc2ncccc2c1. The quantitative estimate of drug-likeness (QED) is 0.895. The number of carbonyl (C=O) groups is 1. The minimum atomic E-state index is -0.806. The first-order chi connectivity index (χ1) is 8.58. The van der Waals surface area contributed by atoms with E-state index < -0.39 is 12.0 Å². The average molecular weight is 244 g/mol. The Bertz CT molecular complexity index is 568. The zero-order valence-electron chi connectivity index (χ0n) is 10.5. The molecule has 0 aliphatic heterocycles. The Kier molecular flexibility index (Phi) is 3.58. The van der Waals surface area contributed by atoms with Gasteiger partial charge in [-0.2, -0.15) is 0 Å². The van der Waals surface area contributed by atoms with Gasteiger partial charge in [-0.05, 0) is 37.7 Å². The largest absolute Gasteiger partial charge is 0.480 e. The molecular weight excluding hydrogens is 228 g/mol.